The molecule has 4 aromatic rings. The van der Waals surface area contributed by atoms with Gasteiger partial charge in [0.1, 0.15) is 5.60 Å². The number of benzene rings is 4. The van der Waals surface area contributed by atoms with Gasteiger partial charge in [-0.05, 0) is 52.1 Å². The molecule has 0 atom stereocenters. The lowest BCUT2D eigenvalue weighted by Crippen LogP contribution is -2.26. The minimum Gasteiger partial charge on any atom is -0.376 e. The molecule has 136 valence electrons. The SMILES string of the molecule is OC1(c2ccc(-c3ccccc3)cc2)c2cc(Br)ccc2-c2ccc(Br)cc21. The van der Waals surface area contributed by atoms with Gasteiger partial charge in [0.25, 0.3) is 0 Å². The van der Waals surface area contributed by atoms with Crippen LogP contribution in [0.3, 0.4) is 0 Å². The molecule has 3 heteroatoms. The average molecular weight is 492 g/mol. The predicted octanol–water partition coefficient (Wildman–Crippen LogP) is 7.14. The zero-order chi connectivity index (χ0) is 19.3. The van der Waals surface area contributed by atoms with E-state index in [2.05, 4.69) is 68.3 Å². The van der Waals surface area contributed by atoms with Crippen LogP contribution in [-0.2, 0) is 5.60 Å². The van der Waals surface area contributed by atoms with Gasteiger partial charge in [-0.15, -0.1) is 0 Å². The zero-order valence-corrected chi connectivity index (χ0v) is 18.0. The first-order chi connectivity index (χ1) is 13.6. The molecule has 0 spiro atoms. The summed E-state index contributed by atoms with van der Waals surface area (Å²) in [4.78, 5) is 0. The summed E-state index contributed by atoms with van der Waals surface area (Å²) in [7, 11) is 0. The van der Waals surface area contributed by atoms with Crippen molar-refractivity contribution in [1.82, 2.24) is 0 Å². The quantitative estimate of drug-likeness (QED) is 0.316. The monoisotopic (exact) mass is 490 g/mol. The normalized spacial score (nSPS) is 13.8. The molecule has 0 bridgehead atoms. The summed E-state index contributed by atoms with van der Waals surface area (Å²) in [5.41, 5.74) is 5.93. The number of hydrogen-bond acceptors (Lipinski definition) is 1. The summed E-state index contributed by atoms with van der Waals surface area (Å²) in [6, 6.07) is 30.7. The van der Waals surface area contributed by atoms with E-state index in [1.165, 1.54) is 5.56 Å². The molecule has 0 amide bonds. The molecule has 28 heavy (non-hydrogen) atoms. The first-order valence-electron chi connectivity index (χ1n) is 9.06. The minimum absolute atomic E-state index is 0.864. The molecular weight excluding hydrogens is 476 g/mol. The van der Waals surface area contributed by atoms with Crippen LogP contribution < -0.4 is 0 Å². The number of fused-ring (bicyclic) bond motifs is 3. The summed E-state index contributed by atoms with van der Waals surface area (Å²) in [6.07, 6.45) is 0. The third-order valence-electron chi connectivity index (χ3n) is 5.44. The van der Waals surface area contributed by atoms with E-state index in [-0.39, 0.29) is 0 Å². The van der Waals surface area contributed by atoms with E-state index in [9.17, 15) is 5.11 Å². The summed E-state index contributed by atoms with van der Waals surface area (Å²) >= 11 is 7.14. The Balaban J connectivity index is 1.71. The van der Waals surface area contributed by atoms with Crippen LogP contribution in [0.1, 0.15) is 16.7 Å². The highest BCUT2D eigenvalue weighted by Crippen LogP contribution is 2.52. The summed E-state index contributed by atoms with van der Waals surface area (Å²) < 4.78 is 1.91. The van der Waals surface area contributed by atoms with Gasteiger partial charge in [-0.25, -0.2) is 0 Å². The molecule has 0 saturated heterocycles. The Morgan fingerprint density at radius 2 is 1.07 bits per heavy atom. The second kappa shape index (κ2) is 6.70. The van der Waals surface area contributed by atoms with Crippen LogP contribution in [0.5, 0.6) is 0 Å². The fourth-order valence-electron chi connectivity index (χ4n) is 4.09. The molecule has 5 rings (SSSR count). The van der Waals surface area contributed by atoms with E-state index in [0.29, 0.717) is 0 Å². The van der Waals surface area contributed by atoms with Crippen molar-refractivity contribution in [3.63, 3.8) is 0 Å². The molecular formula is C25H16Br2O. The maximum Gasteiger partial charge on any atom is 0.141 e. The summed E-state index contributed by atoms with van der Waals surface area (Å²) in [5, 5.41) is 12.0. The molecule has 0 saturated carbocycles. The topological polar surface area (TPSA) is 20.2 Å². The van der Waals surface area contributed by atoms with E-state index in [1.54, 1.807) is 0 Å². The van der Waals surface area contributed by atoms with E-state index >= 15 is 0 Å². The van der Waals surface area contributed by atoms with Crippen molar-refractivity contribution in [2.45, 2.75) is 5.60 Å². The van der Waals surface area contributed by atoms with Crippen molar-refractivity contribution in [3.8, 4) is 22.3 Å². The lowest BCUT2D eigenvalue weighted by atomic mass is 9.83. The maximum absolute atomic E-state index is 12.0. The fourth-order valence-corrected chi connectivity index (χ4v) is 4.81. The maximum atomic E-state index is 12.0. The van der Waals surface area contributed by atoms with Crippen LogP contribution in [0.2, 0.25) is 0 Å². The van der Waals surface area contributed by atoms with Gasteiger partial charge in [0.2, 0.25) is 0 Å². The molecule has 0 aliphatic heterocycles. The largest absolute Gasteiger partial charge is 0.376 e. The first kappa shape index (κ1) is 17.9. The van der Waals surface area contributed by atoms with Gasteiger partial charge < -0.3 is 5.11 Å². The van der Waals surface area contributed by atoms with Crippen LogP contribution >= 0.6 is 31.9 Å². The van der Waals surface area contributed by atoms with Gasteiger partial charge in [0, 0.05) is 20.1 Å². The molecule has 0 radical (unpaired) electrons. The van der Waals surface area contributed by atoms with Crippen molar-refractivity contribution in [2.24, 2.45) is 0 Å². The van der Waals surface area contributed by atoms with Crippen molar-refractivity contribution in [1.29, 1.82) is 0 Å². The van der Waals surface area contributed by atoms with Gasteiger partial charge >= 0.3 is 0 Å². The standard InChI is InChI=1S/C25H16Br2O/c26-19-10-12-21-22-13-11-20(27)15-24(22)25(28,23(21)14-19)18-8-6-17(7-9-18)16-4-2-1-3-5-16/h1-15,28H. The van der Waals surface area contributed by atoms with Gasteiger partial charge in [-0.1, -0.05) is 98.6 Å². The number of aliphatic hydroxyl groups is 1. The highest BCUT2D eigenvalue weighted by Gasteiger charge is 2.43. The first-order valence-corrected chi connectivity index (χ1v) is 10.6. The minimum atomic E-state index is -1.19. The van der Waals surface area contributed by atoms with Crippen LogP contribution in [-0.4, -0.2) is 5.11 Å². The lowest BCUT2D eigenvalue weighted by molar-refractivity contribution is 0.130. The molecule has 1 nitrogen and oxygen atoms in total. The van der Waals surface area contributed by atoms with Gasteiger partial charge in [-0.2, -0.15) is 0 Å². The fraction of sp³-hybridized carbons (Fsp3) is 0.0400. The smallest absolute Gasteiger partial charge is 0.141 e. The van der Waals surface area contributed by atoms with Gasteiger partial charge in [-0.3, -0.25) is 0 Å². The van der Waals surface area contributed by atoms with Crippen LogP contribution in [0.4, 0.5) is 0 Å². The Bertz CT molecular complexity index is 1130. The third kappa shape index (κ3) is 2.69. The Morgan fingerprint density at radius 3 is 1.61 bits per heavy atom. The van der Waals surface area contributed by atoms with E-state index in [0.717, 1.165) is 42.3 Å². The second-order valence-electron chi connectivity index (χ2n) is 7.03. The number of hydrogen-bond donors (Lipinski definition) is 1. The molecule has 0 heterocycles. The van der Waals surface area contributed by atoms with Gasteiger partial charge in [0.05, 0.1) is 0 Å². The average Bonchev–Trinajstić information content (AvgIpc) is 2.97. The Kier molecular flexibility index (Phi) is 4.27. The molecule has 0 fully saturated rings. The summed E-state index contributed by atoms with van der Waals surface area (Å²) in [5.74, 6) is 0. The van der Waals surface area contributed by atoms with Crippen molar-refractivity contribution >= 4 is 31.9 Å². The van der Waals surface area contributed by atoms with Crippen molar-refractivity contribution in [2.75, 3.05) is 0 Å². The summed E-state index contributed by atoms with van der Waals surface area (Å²) in [6.45, 7) is 0. The Hall–Kier alpha value is -2.20. The zero-order valence-electron chi connectivity index (χ0n) is 14.9. The number of rotatable bonds is 2. The Morgan fingerprint density at radius 1 is 0.571 bits per heavy atom. The van der Waals surface area contributed by atoms with E-state index < -0.39 is 5.60 Å². The Labute approximate surface area is 180 Å². The second-order valence-corrected chi connectivity index (χ2v) is 8.86. The van der Waals surface area contributed by atoms with E-state index in [1.807, 2.05) is 54.6 Å². The lowest BCUT2D eigenvalue weighted by Gasteiger charge is -2.27. The number of halogens is 2. The highest BCUT2D eigenvalue weighted by atomic mass is 79.9. The van der Waals surface area contributed by atoms with Crippen LogP contribution in [0.15, 0.2) is 99.9 Å². The molecule has 0 unspecified atom stereocenters. The predicted molar refractivity (Wildman–Crippen MR) is 121 cm³/mol. The van der Waals surface area contributed by atoms with Crippen molar-refractivity contribution in [3.05, 3.63) is 117 Å². The van der Waals surface area contributed by atoms with Crippen molar-refractivity contribution < 1.29 is 5.11 Å². The van der Waals surface area contributed by atoms with E-state index in [4.69, 9.17) is 0 Å². The highest BCUT2D eigenvalue weighted by molar-refractivity contribution is 9.10. The molecule has 1 aliphatic rings. The molecule has 1 aliphatic carbocycles. The third-order valence-corrected chi connectivity index (χ3v) is 6.43. The van der Waals surface area contributed by atoms with Crippen LogP contribution in [0, 0.1) is 0 Å². The van der Waals surface area contributed by atoms with Gasteiger partial charge in [0.15, 0.2) is 0 Å². The molecule has 1 N–H and O–H groups in total. The van der Waals surface area contributed by atoms with Crippen LogP contribution in [0.25, 0.3) is 22.3 Å². The molecule has 0 aromatic heterocycles. The molecule has 4 aromatic carbocycles.